The van der Waals surface area contributed by atoms with Gasteiger partial charge in [-0.2, -0.15) is 0 Å². The SMILES string of the molecule is O=C(CCC(=O)c1ccc(Cl)cc1)NCc1ccccc1N1CCCC1. The average molecular weight is 371 g/mol. The average Bonchev–Trinajstić information content (AvgIpc) is 3.20. The van der Waals surface area contributed by atoms with Gasteiger partial charge >= 0.3 is 0 Å². The van der Waals surface area contributed by atoms with Crippen LogP contribution in [0.5, 0.6) is 0 Å². The summed E-state index contributed by atoms with van der Waals surface area (Å²) < 4.78 is 0. The lowest BCUT2D eigenvalue weighted by Crippen LogP contribution is -2.25. The molecular weight excluding hydrogens is 348 g/mol. The number of Topliss-reactive ketones (excluding diaryl/α,β-unsaturated/α-hetero) is 1. The van der Waals surface area contributed by atoms with Crippen LogP contribution in [0, 0.1) is 0 Å². The molecule has 0 radical (unpaired) electrons. The molecule has 1 aliphatic heterocycles. The Bertz CT molecular complexity index is 768. The second-order valence-corrected chi connectivity index (χ2v) is 6.97. The second kappa shape index (κ2) is 8.86. The van der Waals surface area contributed by atoms with E-state index in [0.717, 1.165) is 18.7 Å². The van der Waals surface area contributed by atoms with E-state index in [1.54, 1.807) is 24.3 Å². The molecule has 3 rings (SSSR count). The summed E-state index contributed by atoms with van der Waals surface area (Å²) in [6, 6.07) is 14.9. The quantitative estimate of drug-likeness (QED) is 0.742. The van der Waals surface area contributed by atoms with Gasteiger partial charge in [0.2, 0.25) is 5.91 Å². The molecule has 2 aromatic rings. The highest BCUT2D eigenvalue weighted by Gasteiger charge is 2.16. The number of halogens is 1. The number of para-hydroxylation sites is 1. The summed E-state index contributed by atoms with van der Waals surface area (Å²) in [5.74, 6) is -0.155. The summed E-state index contributed by atoms with van der Waals surface area (Å²) in [5, 5.41) is 3.53. The predicted octanol–water partition coefficient (Wildman–Crippen LogP) is 4.22. The lowest BCUT2D eigenvalue weighted by molar-refractivity contribution is -0.121. The maximum Gasteiger partial charge on any atom is 0.220 e. The Hall–Kier alpha value is -2.33. The molecular formula is C21H23ClN2O2. The third-order valence-electron chi connectivity index (χ3n) is 4.66. The summed E-state index contributed by atoms with van der Waals surface area (Å²) in [4.78, 5) is 26.6. The maximum atomic E-state index is 12.1. The highest BCUT2D eigenvalue weighted by molar-refractivity contribution is 6.30. The molecule has 1 saturated heterocycles. The van der Waals surface area contributed by atoms with Crippen LogP contribution in [0.25, 0.3) is 0 Å². The number of benzene rings is 2. The van der Waals surface area contributed by atoms with Crippen molar-refractivity contribution in [2.45, 2.75) is 32.2 Å². The molecule has 0 aliphatic carbocycles. The molecule has 2 aromatic carbocycles. The zero-order chi connectivity index (χ0) is 18.4. The molecule has 136 valence electrons. The Balaban J connectivity index is 1.50. The van der Waals surface area contributed by atoms with Crippen molar-refractivity contribution in [2.24, 2.45) is 0 Å². The molecule has 4 nitrogen and oxygen atoms in total. The number of nitrogens with zero attached hydrogens (tertiary/aromatic N) is 1. The zero-order valence-corrected chi connectivity index (χ0v) is 15.5. The van der Waals surface area contributed by atoms with Crippen molar-refractivity contribution in [3.05, 3.63) is 64.7 Å². The van der Waals surface area contributed by atoms with Crippen molar-refractivity contribution in [1.82, 2.24) is 5.32 Å². The fourth-order valence-corrected chi connectivity index (χ4v) is 3.34. The van der Waals surface area contributed by atoms with E-state index in [9.17, 15) is 9.59 Å². The second-order valence-electron chi connectivity index (χ2n) is 6.53. The number of ketones is 1. The minimum Gasteiger partial charge on any atom is -0.371 e. The van der Waals surface area contributed by atoms with Crippen LogP contribution in [0.1, 0.15) is 41.6 Å². The van der Waals surface area contributed by atoms with Crippen molar-refractivity contribution in [2.75, 3.05) is 18.0 Å². The first-order valence-electron chi connectivity index (χ1n) is 9.02. The molecule has 1 aliphatic rings. The van der Waals surface area contributed by atoms with E-state index in [1.165, 1.54) is 18.5 Å². The van der Waals surface area contributed by atoms with E-state index in [-0.39, 0.29) is 24.5 Å². The number of nitrogens with one attached hydrogen (secondary N) is 1. The van der Waals surface area contributed by atoms with Crippen LogP contribution >= 0.6 is 11.6 Å². The molecule has 1 heterocycles. The summed E-state index contributed by atoms with van der Waals surface area (Å²) >= 11 is 5.82. The van der Waals surface area contributed by atoms with Crippen molar-refractivity contribution in [3.8, 4) is 0 Å². The molecule has 0 bridgehead atoms. The Kier molecular flexibility index (Phi) is 6.29. The standard InChI is InChI=1S/C21H23ClN2O2/c22-18-9-7-16(8-10-18)20(25)11-12-21(26)23-15-17-5-1-2-6-19(17)24-13-3-4-14-24/h1-2,5-10H,3-4,11-15H2,(H,23,26). The van der Waals surface area contributed by atoms with E-state index in [4.69, 9.17) is 11.6 Å². The smallest absolute Gasteiger partial charge is 0.220 e. The number of hydrogen-bond donors (Lipinski definition) is 1. The Morgan fingerprint density at radius 1 is 0.962 bits per heavy atom. The van der Waals surface area contributed by atoms with E-state index in [0.29, 0.717) is 17.1 Å². The Morgan fingerprint density at radius 3 is 2.38 bits per heavy atom. The number of anilines is 1. The van der Waals surface area contributed by atoms with Crippen LogP contribution < -0.4 is 10.2 Å². The van der Waals surface area contributed by atoms with Gasteiger partial charge in [-0.05, 0) is 48.7 Å². The van der Waals surface area contributed by atoms with Gasteiger partial charge in [0.25, 0.3) is 0 Å². The molecule has 1 fully saturated rings. The minimum atomic E-state index is -0.108. The third-order valence-corrected chi connectivity index (χ3v) is 4.91. The molecule has 1 amide bonds. The van der Waals surface area contributed by atoms with Gasteiger partial charge in [-0.1, -0.05) is 29.8 Å². The van der Waals surface area contributed by atoms with Gasteiger partial charge in [-0.15, -0.1) is 0 Å². The number of carbonyl (C=O) groups is 2. The molecule has 0 saturated carbocycles. The topological polar surface area (TPSA) is 49.4 Å². The van der Waals surface area contributed by atoms with E-state index in [1.807, 2.05) is 18.2 Å². The molecule has 0 unspecified atom stereocenters. The van der Waals surface area contributed by atoms with Crippen LogP contribution in [0.15, 0.2) is 48.5 Å². The largest absolute Gasteiger partial charge is 0.371 e. The number of amides is 1. The van der Waals surface area contributed by atoms with Gasteiger partial charge in [-0.3, -0.25) is 9.59 Å². The normalized spacial score (nSPS) is 13.7. The number of hydrogen-bond acceptors (Lipinski definition) is 3. The maximum absolute atomic E-state index is 12.1. The Labute approximate surface area is 159 Å². The van der Waals surface area contributed by atoms with Crippen LogP contribution in [0.4, 0.5) is 5.69 Å². The van der Waals surface area contributed by atoms with Gasteiger partial charge in [-0.25, -0.2) is 0 Å². The third kappa shape index (κ3) is 4.85. The van der Waals surface area contributed by atoms with Gasteiger partial charge < -0.3 is 10.2 Å². The predicted molar refractivity (Wildman–Crippen MR) is 105 cm³/mol. The minimum absolute atomic E-state index is 0.0470. The van der Waals surface area contributed by atoms with Crippen LogP contribution in [-0.4, -0.2) is 24.8 Å². The fraction of sp³-hybridized carbons (Fsp3) is 0.333. The molecule has 26 heavy (non-hydrogen) atoms. The fourth-order valence-electron chi connectivity index (χ4n) is 3.22. The van der Waals surface area contributed by atoms with Crippen LogP contribution in [0.2, 0.25) is 5.02 Å². The first-order chi connectivity index (χ1) is 12.6. The molecule has 0 aromatic heterocycles. The molecule has 0 atom stereocenters. The van der Waals surface area contributed by atoms with E-state index < -0.39 is 0 Å². The van der Waals surface area contributed by atoms with E-state index >= 15 is 0 Å². The van der Waals surface area contributed by atoms with Gasteiger partial charge in [0.15, 0.2) is 5.78 Å². The highest BCUT2D eigenvalue weighted by Crippen LogP contribution is 2.24. The highest BCUT2D eigenvalue weighted by atomic mass is 35.5. The van der Waals surface area contributed by atoms with Crippen LogP contribution in [-0.2, 0) is 11.3 Å². The summed E-state index contributed by atoms with van der Waals surface area (Å²) in [5.41, 5.74) is 2.90. The van der Waals surface area contributed by atoms with Crippen molar-refractivity contribution in [3.63, 3.8) is 0 Å². The summed E-state index contributed by atoms with van der Waals surface area (Å²) in [6.07, 6.45) is 2.82. The monoisotopic (exact) mass is 370 g/mol. The molecule has 5 heteroatoms. The van der Waals surface area contributed by atoms with Crippen LogP contribution in [0.3, 0.4) is 0 Å². The van der Waals surface area contributed by atoms with Crippen molar-refractivity contribution >= 4 is 29.0 Å². The summed E-state index contributed by atoms with van der Waals surface area (Å²) in [6.45, 7) is 2.63. The van der Waals surface area contributed by atoms with Gasteiger partial charge in [0.05, 0.1) is 0 Å². The number of rotatable bonds is 7. The lowest BCUT2D eigenvalue weighted by Gasteiger charge is -2.21. The Morgan fingerprint density at radius 2 is 1.65 bits per heavy atom. The first kappa shape index (κ1) is 18.5. The molecule has 1 N–H and O–H groups in total. The zero-order valence-electron chi connectivity index (χ0n) is 14.7. The van der Waals surface area contributed by atoms with Gasteiger partial charge in [0.1, 0.15) is 0 Å². The molecule has 0 spiro atoms. The summed E-state index contributed by atoms with van der Waals surface area (Å²) in [7, 11) is 0. The van der Waals surface area contributed by atoms with Crippen molar-refractivity contribution in [1.29, 1.82) is 0 Å². The van der Waals surface area contributed by atoms with E-state index in [2.05, 4.69) is 16.3 Å². The number of carbonyl (C=O) groups excluding carboxylic acids is 2. The lowest BCUT2D eigenvalue weighted by atomic mass is 10.1. The van der Waals surface area contributed by atoms with Gasteiger partial charge in [0, 0.05) is 48.7 Å². The first-order valence-corrected chi connectivity index (χ1v) is 9.39. The van der Waals surface area contributed by atoms with Crippen molar-refractivity contribution < 1.29 is 9.59 Å².